The van der Waals surface area contributed by atoms with E-state index in [0.717, 1.165) is 0 Å². The molecule has 0 aliphatic carbocycles. The van der Waals surface area contributed by atoms with Crippen molar-refractivity contribution in [2.24, 2.45) is 0 Å². The van der Waals surface area contributed by atoms with Crippen molar-refractivity contribution >= 4 is 5.97 Å². The number of hydrogen-bond donors (Lipinski definition) is 0. The summed E-state index contributed by atoms with van der Waals surface area (Å²) in [5.41, 5.74) is 0.758. The maximum Gasteiger partial charge on any atom is 0.347 e. The second-order valence-corrected chi connectivity index (χ2v) is 6.02. The Morgan fingerprint density at radius 2 is 1.58 bits per heavy atom. The minimum absolute atomic E-state index is 0.347. The van der Waals surface area contributed by atoms with E-state index in [1.807, 2.05) is 45.0 Å². The highest BCUT2D eigenvalue weighted by Gasteiger charge is 2.22. The first-order valence-corrected chi connectivity index (χ1v) is 6.68. The fourth-order valence-electron chi connectivity index (χ4n) is 1.57. The van der Waals surface area contributed by atoms with Crippen molar-refractivity contribution in [2.75, 3.05) is 0 Å². The molecule has 0 bridgehead atoms. The molecule has 0 N–H and O–H groups in total. The quantitative estimate of drug-likeness (QED) is 0.773. The summed E-state index contributed by atoms with van der Waals surface area (Å²) in [5, 5.41) is 0. The molecule has 1 aromatic carbocycles. The standard InChI is InChI=1S/C16H24O3/c1-11(2)13-7-9-14(10-8-13)18-12(3)15(17)19-16(4,5)6/h7-12H,1-6H3/t12-/m1/s1. The summed E-state index contributed by atoms with van der Waals surface area (Å²) in [6.45, 7) is 11.5. The van der Waals surface area contributed by atoms with Crippen molar-refractivity contribution in [1.82, 2.24) is 0 Å². The number of ether oxygens (including phenoxy) is 2. The van der Waals surface area contributed by atoms with Crippen LogP contribution in [0.4, 0.5) is 0 Å². The van der Waals surface area contributed by atoms with Gasteiger partial charge in [-0.1, -0.05) is 26.0 Å². The van der Waals surface area contributed by atoms with Gasteiger partial charge < -0.3 is 9.47 Å². The van der Waals surface area contributed by atoms with Gasteiger partial charge in [-0.2, -0.15) is 0 Å². The smallest absolute Gasteiger partial charge is 0.347 e. The van der Waals surface area contributed by atoms with E-state index in [1.165, 1.54) is 5.56 Å². The molecule has 0 amide bonds. The monoisotopic (exact) mass is 264 g/mol. The Bertz CT molecular complexity index is 413. The van der Waals surface area contributed by atoms with Crippen LogP contribution in [0.25, 0.3) is 0 Å². The van der Waals surface area contributed by atoms with E-state index < -0.39 is 11.7 Å². The Labute approximate surface area is 115 Å². The van der Waals surface area contributed by atoms with Crippen LogP contribution in [0, 0.1) is 0 Å². The van der Waals surface area contributed by atoms with Gasteiger partial charge in [0.15, 0.2) is 6.10 Å². The van der Waals surface area contributed by atoms with E-state index in [-0.39, 0.29) is 5.97 Å². The lowest BCUT2D eigenvalue weighted by Crippen LogP contribution is -2.33. The highest BCUT2D eigenvalue weighted by molar-refractivity contribution is 5.75. The molecule has 0 fully saturated rings. The SMILES string of the molecule is CC(C)c1ccc(O[C@H](C)C(=O)OC(C)(C)C)cc1. The predicted molar refractivity (Wildman–Crippen MR) is 76.5 cm³/mol. The lowest BCUT2D eigenvalue weighted by Gasteiger charge is -2.22. The maximum absolute atomic E-state index is 11.8. The number of esters is 1. The number of carbonyl (C=O) groups excluding carboxylic acids is 1. The summed E-state index contributed by atoms with van der Waals surface area (Å²) >= 11 is 0. The molecule has 0 aliphatic rings. The van der Waals surface area contributed by atoms with Crippen molar-refractivity contribution in [3.63, 3.8) is 0 Å². The summed E-state index contributed by atoms with van der Waals surface area (Å²) in [7, 11) is 0. The van der Waals surface area contributed by atoms with Gasteiger partial charge in [-0.3, -0.25) is 0 Å². The van der Waals surface area contributed by atoms with Crippen LogP contribution in [-0.4, -0.2) is 17.7 Å². The highest BCUT2D eigenvalue weighted by Crippen LogP contribution is 2.20. The Morgan fingerprint density at radius 3 is 2.00 bits per heavy atom. The third-order valence-electron chi connectivity index (χ3n) is 2.60. The minimum atomic E-state index is -0.607. The third-order valence-corrected chi connectivity index (χ3v) is 2.60. The zero-order valence-corrected chi connectivity index (χ0v) is 12.7. The predicted octanol–water partition coefficient (Wildman–Crippen LogP) is 3.92. The van der Waals surface area contributed by atoms with E-state index in [0.29, 0.717) is 11.7 Å². The van der Waals surface area contributed by atoms with E-state index in [9.17, 15) is 4.79 Å². The second kappa shape index (κ2) is 6.09. The number of benzene rings is 1. The van der Waals surface area contributed by atoms with Crippen LogP contribution in [0.3, 0.4) is 0 Å². The topological polar surface area (TPSA) is 35.5 Å². The molecule has 0 saturated carbocycles. The van der Waals surface area contributed by atoms with Crippen molar-refractivity contribution in [3.05, 3.63) is 29.8 Å². The van der Waals surface area contributed by atoms with Crippen LogP contribution < -0.4 is 4.74 Å². The molecule has 0 aliphatic heterocycles. The van der Waals surface area contributed by atoms with Crippen LogP contribution in [0.15, 0.2) is 24.3 Å². The average molecular weight is 264 g/mol. The molecule has 0 heterocycles. The lowest BCUT2D eigenvalue weighted by atomic mass is 10.0. The molecule has 1 rings (SSSR count). The fourth-order valence-corrected chi connectivity index (χ4v) is 1.57. The summed E-state index contributed by atoms with van der Waals surface area (Å²) in [6.07, 6.45) is -0.607. The Hall–Kier alpha value is -1.51. The average Bonchev–Trinajstić information content (AvgIpc) is 2.27. The summed E-state index contributed by atoms with van der Waals surface area (Å²) in [4.78, 5) is 11.8. The van der Waals surface area contributed by atoms with E-state index in [1.54, 1.807) is 6.92 Å². The zero-order valence-electron chi connectivity index (χ0n) is 12.7. The Morgan fingerprint density at radius 1 is 1.05 bits per heavy atom. The minimum Gasteiger partial charge on any atom is -0.479 e. The lowest BCUT2D eigenvalue weighted by molar-refractivity contribution is -0.162. The molecule has 106 valence electrons. The molecule has 3 nitrogen and oxygen atoms in total. The normalized spacial score (nSPS) is 13.2. The van der Waals surface area contributed by atoms with Crippen LogP contribution in [0.5, 0.6) is 5.75 Å². The van der Waals surface area contributed by atoms with Gasteiger partial charge in [0.1, 0.15) is 11.4 Å². The van der Waals surface area contributed by atoms with Crippen molar-refractivity contribution in [1.29, 1.82) is 0 Å². The summed E-state index contributed by atoms with van der Waals surface area (Å²) in [6, 6.07) is 7.80. The van der Waals surface area contributed by atoms with Crippen molar-refractivity contribution < 1.29 is 14.3 Å². The Kier molecular flexibility index (Phi) is 4.98. The molecule has 1 atom stereocenters. The highest BCUT2D eigenvalue weighted by atomic mass is 16.6. The molecular formula is C16H24O3. The molecule has 0 aromatic heterocycles. The van der Waals surface area contributed by atoms with Gasteiger partial charge in [-0.15, -0.1) is 0 Å². The van der Waals surface area contributed by atoms with Crippen LogP contribution >= 0.6 is 0 Å². The second-order valence-electron chi connectivity index (χ2n) is 6.02. The first-order valence-electron chi connectivity index (χ1n) is 6.68. The van der Waals surface area contributed by atoms with E-state index >= 15 is 0 Å². The molecule has 0 saturated heterocycles. The molecule has 0 unspecified atom stereocenters. The first-order chi connectivity index (χ1) is 8.69. The van der Waals surface area contributed by atoms with Gasteiger partial charge in [0.2, 0.25) is 0 Å². The molecule has 19 heavy (non-hydrogen) atoms. The van der Waals surface area contributed by atoms with Crippen LogP contribution in [0.2, 0.25) is 0 Å². The summed E-state index contributed by atoms with van der Waals surface area (Å²) in [5.74, 6) is 0.820. The van der Waals surface area contributed by atoms with E-state index in [4.69, 9.17) is 9.47 Å². The zero-order chi connectivity index (χ0) is 14.6. The van der Waals surface area contributed by atoms with Crippen molar-refractivity contribution in [3.8, 4) is 5.75 Å². The van der Waals surface area contributed by atoms with Gasteiger partial charge in [-0.05, 0) is 51.3 Å². The number of rotatable bonds is 4. The Balaban J connectivity index is 2.61. The molecule has 0 radical (unpaired) electrons. The van der Waals surface area contributed by atoms with Gasteiger partial charge in [0.05, 0.1) is 0 Å². The number of carbonyl (C=O) groups is 1. The first kappa shape index (κ1) is 15.5. The largest absolute Gasteiger partial charge is 0.479 e. The van der Waals surface area contributed by atoms with Gasteiger partial charge >= 0.3 is 5.97 Å². The molecule has 0 spiro atoms. The van der Waals surface area contributed by atoms with Gasteiger partial charge in [-0.25, -0.2) is 4.79 Å². The van der Waals surface area contributed by atoms with Crippen LogP contribution in [-0.2, 0) is 9.53 Å². The summed E-state index contributed by atoms with van der Waals surface area (Å²) < 4.78 is 10.9. The van der Waals surface area contributed by atoms with Crippen molar-refractivity contribution in [2.45, 2.75) is 59.2 Å². The molecule has 1 aromatic rings. The van der Waals surface area contributed by atoms with E-state index in [2.05, 4.69) is 13.8 Å². The third kappa shape index (κ3) is 5.33. The van der Waals surface area contributed by atoms with Gasteiger partial charge in [0, 0.05) is 0 Å². The maximum atomic E-state index is 11.8. The molecular weight excluding hydrogens is 240 g/mol. The van der Waals surface area contributed by atoms with Gasteiger partial charge in [0.25, 0.3) is 0 Å². The fraction of sp³-hybridized carbons (Fsp3) is 0.562. The number of hydrogen-bond acceptors (Lipinski definition) is 3. The molecule has 3 heteroatoms. The van der Waals surface area contributed by atoms with Crippen LogP contribution in [0.1, 0.15) is 53.0 Å².